The van der Waals surface area contributed by atoms with Gasteiger partial charge in [-0.2, -0.15) is 0 Å². The molecule has 3 aromatic rings. The fourth-order valence-corrected chi connectivity index (χ4v) is 8.60. The van der Waals surface area contributed by atoms with Gasteiger partial charge in [-0.05, 0) is 69.9 Å². The average Bonchev–Trinajstić information content (AvgIpc) is 3.56. The van der Waals surface area contributed by atoms with Gasteiger partial charge in [0.15, 0.2) is 5.13 Å². The first-order chi connectivity index (χ1) is 26.0. The van der Waals surface area contributed by atoms with Crippen LogP contribution in [0.2, 0.25) is 0 Å². The number of fused-ring (bicyclic) bond motifs is 3. The number of ether oxygens (including phenoxy) is 2. The minimum Gasteiger partial charge on any atom is -0.488 e. The minimum absolute atomic E-state index is 0.0184. The highest BCUT2D eigenvalue weighted by molar-refractivity contribution is 7.14. The number of carboxylic acids is 1. The van der Waals surface area contributed by atoms with Crippen molar-refractivity contribution in [1.29, 1.82) is 0 Å². The van der Waals surface area contributed by atoms with Gasteiger partial charge in [-0.3, -0.25) is 14.4 Å². The number of carbonyl (C=O) groups excluding carboxylic acids is 4. The second-order valence-corrected chi connectivity index (χ2v) is 15.7. The van der Waals surface area contributed by atoms with Gasteiger partial charge in [0.1, 0.15) is 41.3 Å². The maximum atomic E-state index is 14.5. The molecule has 14 nitrogen and oxygen atoms in total. The van der Waals surface area contributed by atoms with E-state index in [1.165, 1.54) is 23.2 Å². The fraction of sp³-hybridized carbons (Fsp3) is 0.513. The standard InChI is InChI=1S/C39H46N6O8S/c1-22-11-10-15-27-32(18-29(41-33(22)27)30-21-54-37(42-30)40-23(2)46)52-26-17-31-34(47)44-39(36(49)50)19-24(39)12-6-4-3-5-7-16-28(35(48)45(31)20-26)43-38(51)53-25-13-8-9-14-25/h6,10-12,15,18,21,24-26,28,31H,3-5,7-9,13-14,16-17,19-20H2,1-2H3,(H,43,51)(H,44,47)(H,49,50)(H,40,42,46)/b12-6-/t24-,26+,28-,31-,39+/m0/s1. The van der Waals surface area contributed by atoms with Crippen molar-refractivity contribution in [2.24, 2.45) is 5.92 Å². The molecule has 3 fully saturated rings. The van der Waals surface area contributed by atoms with Gasteiger partial charge in [0, 0.05) is 36.1 Å². The molecule has 54 heavy (non-hydrogen) atoms. The largest absolute Gasteiger partial charge is 0.488 e. The maximum absolute atomic E-state index is 14.5. The number of carbonyl (C=O) groups is 5. The molecule has 2 aliphatic heterocycles. The van der Waals surface area contributed by atoms with Gasteiger partial charge in [0.25, 0.3) is 0 Å². The molecule has 1 saturated heterocycles. The Morgan fingerprint density at radius 3 is 2.61 bits per heavy atom. The van der Waals surface area contributed by atoms with E-state index < -0.39 is 47.6 Å². The van der Waals surface area contributed by atoms with Gasteiger partial charge in [0.2, 0.25) is 17.7 Å². The molecular weight excluding hydrogens is 713 g/mol. The Bertz CT molecular complexity index is 1980. The number of benzene rings is 1. The van der Waals surface area contributed by atoms with Crippen LogP contribution in [0.5, 0.6) is 5.75 Å². The van der Waals surface area contributed by atoms with E-state index in [0.717, 1.165) is 55.9 Å². The van der Waals surface area contributed by atoms with Crippen LogP contribution >= 0.6 is 11.3 Å². The number of nitrogens with one attached hydrogen (secondary N) is 3. The molecule has 0 unspecified atom stereocenters. The van der Waals surface area contributed by atoms with Crippen LogP contribution in [-0.2, 0) is 23.9 Å². The zero-order chi connectivity index (χ0) is 38.0. The summed E-state index contributed by atoms with van der Waals surface area (Å²) in [4.78, 5) is 76.8. The van der Waals surface area contributed by atoms with E-state index in [4.69, 9.17) is 14.5 Å². The molecule has 1 aromatic carbocycles. The third-order valence-electron chi connectivity index (χ3n) is 10.8. The van der Waals surface area contributed by atoms with Crippen molar-refractivity contribution >= 4 is 57.2 Å². The number of para-hydroxylation sites is 1. The number of hydrogen-bond donors (Lipinski definition) is 4. The third kappa shape index (κ3) is 8.05. The smallest absolute Gasteiger partial charge is 0.408 e. The number of anilines is 1. The number of thiazole rings is 1. The highest BCUT2D eigenvalue weighted by Gasteiger charge is 2.61. The van der Waals surface area contributed by atoms with Crippen molar-refractivity contribution in [3.63, 3.8) is 0 Å². The summed E-state index contributed by atoms with van der Waals surface area (Å²) in [5.74, 6) is -2.28. The van der Waals surface area contributed by atoms with Gasteiger partial charge in [-0.15, -0.1) is 11.3 Å². The number of amides is 4. The molecule has 0 radical (unpaired) electrons. The van der Waals surface area contributed by atoms with E-state index in [9.17, 15) is 29.1 Å². The van der Waals surface area contributed by atoms with Gasteiger partial charge in [-0.1, -0.05) is 37.1 Å². The van der Waals surface area contributed by atoms with Crippen LogP contribution in [0, 0.1) is 12.8 Å². The number of allylic oxidation sites excluding steroid dienone is 1. The summed E-state index contributed by atoms with van der Waals surface area (Å²) in [5.41, 5.74) is 1.18. The van der Waals surface area contributed by atoms with Crippen molar-refractivity contribution < 1.29 is 38.6 Å². The highest BCUT2D eigenvalue weighted by atomic mass is 32.1. The van der Waals surface area contributed by atoms with E-state index in [0.29, 0.717) is 40.6 Å². The van der Waals surface area contributed by atoms with Gasteiger partial charge >= 0.3 is 12.1 Å². The Morgan fingerprint density at radius 2 is 1.83 bits per heavy atom. The first-order valence-corrected chi connectivity index (χ1v) is 19.7. The number of carboxylic acid groups (broad SMARTS) is 1. The van der Waals surface area contributed by atoms with Crippen LogP contribution in [-0.4, -0.2) is 86.1 Å². The lowest BCUT2D eigenvalue weighted by atomic mass is 10.0. The van der Waals surface area contributed by atoms with Gasteiger partial charge in [-0.25, -0.2) is 19.6 Å². The van der Waals surface area contributed by atoms with E-state index in [1.54, 1.807) is 11.4 Å². The first-order valence-electron chi connectivity index (χ1n) is 18.8. The fourth-order valence-electron chi connectivity index (χ4n) is 7.85. The molecule has 7 rings (SSSR count). The van der Waals surface area contributed by atoms with Crippen LogP contribution in [0.15, 0.2) is 41.8 Å². The van der Waals surface area contributed by atoms with Gasteiger partial charge in [0.05, 0.1) is 17.8 Å². The van der Waals surface area contributed by atoms with Crippen LogP contribution in [0.3, 0.4) is 0 Å². The van der Waals surface area contributed by atoms with Gasteiger partial charge < -0.3 is 35.4 Å². The van der Waals surface area contributed by atoms with Crippen molar-refractivity contribution in [2.45, 2.75) is 114 Å². The number of rotatable bonds is 7. The zero-order valence-corrected chi connectivity index (χ0v) is 31.3. The van der Waals surface area contributed by atoms with Crippen molar-refractivity contribution in [3.05, 3.63) is 47.4 Å². The predicted molar refractivity (Wildman–Crippen MR) is 201 cm³/mol. The molecular formula is C39H46N6O8S. The van der Waals surface area contributed by atoms with Crippen LogP contribution < -0.4 is 20.7 Å². The van der Waals surface area contributed by atoms with E-state index >= 15 is 0 Å². The highest BCUT2D eigenvalue weighted by Crippen LogP contribution is 2.45. The Kier molecular flexibility index (Phi) is 10.9. The van der Waals surface area contributed by atoms with Crippen LogP contribution in [0.1, 0.15) is 83.1 Å². The Labute approximate surface area is 317 Å². The molecule has 286 valence electrons. The van der Waals surface area contributed by atoms with Crippen molar-refractivity contribution in [2.75, 3.05) is 11.9 Å². The SMILES string of the molecule is CC(=O)Nc1nc(-c2cc(O[C@@H]3C[C@H]4C(=O)N[C@]5(C(=O)O)C[C@@H]5/C=C\CCCCC[C@H](NC(=O)OC5CCCC5)C(=O)N4C3)c3cccc(C)c3n2)cs1. The number of aliphatic carboxylic acids is 1. The molecule has 4 amide bonds. The summed E-state index contributed by atoms with van der Waals surface area (Å²) >= 11 is 1.27. The number of hydrogen-bond acceptors (Lipinski definition) is 10. The predicted octanol–water partition coefficient (Wildman–Crippen LogP) is 5.49. The molecule has 15 heteroatoms. The van der Waals surface area contributed by atoms with Crippen LogP contribution in [0.25, 0.3) is 22.3 Å². The minimum atomic E-state index is -1.46. The summed E-state index contributed by atoms with van der Waals surface area (Å²) in [6.07, 6.45) is 9.58. The summed E-state index contributed by atoms with van der Waals surface area (Å²) in [7, 11) is 0. The van der Waals surface area contributed by atoms with E-state index in [2.05, 4.69) is 20.9 Å². The molecule has 4 heterocycles. The molecule has 2 aliphatic carbocycles. The van der Waals surface area contributed by atoms with E-state index in [-0.39, 0.29) is 37.3 Å². The lowest BCUT2D eigenvalue weighted by Gasteiger charge is -2.29. The number of aromatic nitrogens is 2. The molecule has 4 aliphatic rings. The molecule has 0 spiro atoms. The lowest BCUT2D eigenvalue weighted by molar-refractivity contribution is -0.145. The maximum Gasteiger partial charge on any atom is 0.408 e. The average molecular weight is 759 g/mol. The van der Waals surface area contributed by atoms with E-state index in [1.807, 2.05) is 37.3 Å². The quantitative estimate of drug-likeness (QED) is 0.224. The monoisotopic (exact) mass is 758 g/mol. The Hall–Kier alpha value is -5.05. The molecule has 0 bridgehead atoms. The Morgan fingerprint density at radius 1 is 1.04 bits per heavy atom. The number of alkyl carbamates (subject to hydrolysis) is 1. The normalized spacial score (nSPS) is 26.8. The third-order valence-corrected chi connectivity index (χ3v) is 11.6. The molecule has 4 N–H and O–H groups in total. The number of pyridine rings is 1. The second-order valence-electron chi connectivity index (χ2n) is 14.8. The molecule has 2 saturated carbocycles. The van der Waals surface area contributed by atoms with Crippen LogP contribution in [0.4, 0.5) is 9.93 Å². The Balaban J connectivity index is 1.20. The summed E-state index contributed by atoms with van der Waals surface area (Å²) in [5, 5.41) is 21.5. The first kappa shape index (κ1) is 37.3. The summed E-state index contributed by atoms with van der Waals surface area (Å²) in [6, 6.07) is 5.47. The summed E-state index contributed by atoms with van der Waals surface area (Å²) < 4.78 is 12.4. The number of nitrogens with zero attached hydrogens (tertiary/aromatic N) is 3. The molecule has 2 aromatic heterocycles. The lowest BCUT2D eigenvalue weighted by Crippen LogP contribution is -2.56. The topological polar surface area (TPSA) is 189 Å². The second kappa shape index (κ2) is 15.7. The molecule has 5 atom stereocenters. The van der Waals surface area contributed by atoms with Crippen molar-refractivity contribution in [3.8, 4) is 17.1 Å². The summed E-state index contributed by atoms with van der Waals surface area (Å²) in [6.45, 7) is 3.36. The zero-order valence-electron chi connectivity index (χ0n) is 30.5. The van der Waals surface area contributed by atoms with Crippen molar-refractivity contribution in [1.82, 2.24) is 25.5 Å². The number of aryl methyl sites for hydroxylation is 1.